The van der Waals surface area contributed by atoms with Crippen LogP contribution in [-0.4, -0.2) is 54.4 Å². The van der Waals surface area contributed by atoms with E-state index in [1.54, 1.807) is 0 Å². The van der Waals surface area contributed by atoms with Crippen LogP contribution < -0.4 is 10.2 Å². The number of rotatable bonds is 6. The van der Waals surface area contributed by atoms with Gasteiger partial charge in [-0.05, 0) is 36.8 Å². The highest BCUT2D eigenvalue weighted by atomic mass is 32.2. The molecule has 6 heteroatoms. The van der Waals surface area contributed by atoms with Crippen LogP contribution in [0, 0.1) is 6.92 Å². The zero-order chi connectivity index (χ0) is 19.1. The topological polar surface area (TPSA) is 52.7 Å². The van der Waals surface area contributed by atoms with Gasteiger partial charge in [0.15, 0.2) is 0 Å². The number of piperazine rings is 1. The van der Waals surface area contributed by atoms with Crippen LogP contribution in [0.2, 0.25) is 0 Å². The molecule has 0 spiro atoms. The first-order valence-corrected chi connectivity index (χ1v) is 10.3. The largest absolute Gasteiger partial charge is 0.368 e. The summed E-state index contributed by atoms with van der Waals surface area (Å²) in [5, 5.41) is 2.83. The van der Waals surface area contributed by atoms with Gasteiger partial charge < -0.3 is 15.1 Å². The van der Waals surface area contributed by atoms with E-state index in [1.807, 2.05) is 35.2 Å². The van der Waals surface area contributed by atoms with Gasteiger partial charge in [0.1, 0.15) is 0 Å². The van der Waals surface area contributed by atoms with Crippen molar-refractivity contribution < 1.29 is 9.59 Å². The fourth-order valence-corrected chi connectivity index (χ4v) is 3.80. The summed E-state index contributed by atoms with van der Waals surface area (Å²) >= 11 is 1.36. The second-order valence-electron chi connectivity index (χ2n) is 6.61. The zero-order valence-electron chi connectivity index (χ0n) is 15.6. The molecule has 0 saturated carbocycles. The minimum Gasteiger partial charge on any atom is -0.368 e. The van der Waals surface area contributed by atoms with Crippen molar-refractivity contribution in [3.05, 3.63) is 60.2 Å². The van der Waals surface area contributed by atoms with Crippen LogP contribution in [0.25, 0.3) is 0 Å². The number of benzene rings is 2. The first-order chi connectivity index (χ1) is 13.1. The molecule has 0 atom stereocenters. The SMILES string of the molecule is Cc1cccc(N2CCN(C(=O)CSCC(=O)Nc3ccccc3)CC2)c1. The average Bonchev–Trinajstić information content (AvgIpc) is 2.69. The smallest absolute Gasteiger partial charge is 0.234 e. The van der Waals surface area contributed by atoms with Crippen molar-refractivity contribution in [2.75, 3.05) is 47.9 Å². The molecule has 1 heterocycles. The van der Waals surface area contributed by atoms with Crippen LogP contribution in [0.4, 0.5) is 11.4 Å². The zero-order valence-corrected chi connectivity index (χ0v) is 16.4. The van der Waals surface area contributed by atoms with Crippen LogP contribution in [0.1, 0.15) is 5.56 Å². The Hall–Kier alpha value is -2.47. The van der Waals surface area contributed by atoms with E-state index >= 15 is 0 Å². The Morgan fingerprint density at radius 1 is 0.963 bits per heavy atom. The lowest BCUT2D eigenvalue weighted by Crippen LogP contribution is -2.49. The fraction of sp³-hybridized carbons (Fsp3) is 0.333. The maximum atomic E-state index is 12.4. The number of nitrogens with zero attached hydrogens (tertiary/aromatic N) is 2. The number of amides is 2. The van der Waals surface area contributed by atoms with Gasteiger partial charge in [0.25, 0.3) is 0 Å². The number of hydrogen-bond donors (Lipinski definition) is 1. The molecule has 142 valence electrons. The summed E-state index contributed by atoms with van der Waals surface area (Å²) in [6, 6.07) is 17.8. The molecule has 0 radical (unpaired) electrons. The van der Waals surface area contributed by atoms with E-state index in [-0.39, 0.29) is 17.6 Å². The molecule has 0 unspecified atom stereocenters. The summed E-state index contributed by atoms with van der Waals surface area (Å²) < 4.78 is 0. The highest BCUT2D eigenvalue weighted by molar-refractivity contribution is 8.00. The highest BCUT2D eigenvalue weighted by Crippen LogP contribution is 2.18. The van der Waals surface area contributed by atoms with Crippen molar-refractivity contribution in [3.63, 3.8) is 0 Å². The number of carbonyl (C=O) groups is 2. The van der Waals surface area contributed by atoms with Crippen molar-refractivity contribution in [3.8, 4) is 0 Å². The lowest BCUT2D eigenvalue weighted by atomic mass is 10.2. The Morgan fingerprint density at radius 2 is 1.70 bits per heavy atom. The molecule has 27 heavy (non-hydrogen) atoms. The third-order valence-electron chi connectivity index (χ3n) is 4.52. The monoisotopic (exact) mass is 383 g/mol. The molecular formula is C21H25N3O2S. The molecule has 0 bridgehead atoms. The summed E-state index contributed by atoms with van der Waals surface area (Å²) in [4.78, 5) is 28.5. The Morgan fingerprint density at radius 3 is 2.41 bits per heavy atom. The van der Waals surface area contributed by atoms with Crippen molar-refractivity contribution in [1.29, 1.82) is 0 Å². The quantitative estimate of drug-likeness (QED) is 0.833. The molecule has 1 aliphatic heterocycles. The number of hydrogen-bond acceptors (Lipinski definition) is 4. The standard InChI is InChI=1S/C21H25N3O2S/c1-17-6-5-9-19(14-17)23-10-12-24(13-11-23)21(26)16-27-15-20(25)22-18-7-3-2-4-8-18/h2-9,14H,10-13,15-16H2,1H3,(H,22,25). The summed E-state index contributed by atoms with van der Waals surface area (Å²) in [5.74, 6) is 0.649. The minimum atomic E-state index is -0.0803. The number of aryl methyl sites for hydroxylation is 1. The van der Waals surface area contributed by atoms with E-state index in [4.69, 9.17) is 0 Å². The number of carbonyl (C=O) groups excluding carboxylic acids is 2. The lowest BCUT2D eigenvalue weighted by molar-refractivity contribution is -0.128. The van der Waals surface area contributed by atoms with E-state index in [1.165, 1.54) is 23.0 Å². The first kappa shape index (κ1) is 19.3. The number of thioether (sulfide) groups is 1. The average molecular weight is 384 g/mol. The predicted octanol–water partition coefficient (Wildman–Crippen LogP) is 3.02. The molecule has 2 aromatic rings. The Balaban J connectivity index is 1.37. The van der Waals surface area contributed by atoms with Crippen molar-refractivity contribution in [2.24, 2.45) is 0 Å². The molecule has 0 aliphatic carbocycles. The van der Waals surface area contributed by atoms with Gasteiger partial charge in [-0.1, -0.05) is 30.3 Å². The van der Waals surface area contributed by atoms with Gasteiger partial charge in [-0.3, -0.25) is 9.59 Å². The molecule has 1 saturated heterocycles. The fourth-order valence-electron chi connectivity index (χ4n) is 3.08. The van der Waals surface area contributed by atoms with E-state index in [2.05, 4.69) is 41.4 Å². The summed E-state index contributed by atoms with van der Waals surface area (Å²) in [5.41, 5.74) is 3.24. The Bertz CT molecular complexity index is 774. The number of para-hydroxylation sites is 1. The minimum absolute atomic E-state index is 0.0803. The van der Waals surface area contributed by atoms with Crippen LogP contribution in [0.5, 0.6) is 0 Å². The van der Waals surface area contributed by atoms with E-state index in [0.717, 1.165) is 31.9 Å². The maximum absolute atomic E-state index is 12.4. The van der Waals surface area contributed by atoms with Crippen LogP contribution in [0.3, 0.4) is 0 Å². The third kappa shape index (κ3) is 5.76. The van der Waals surface area contributed by atoms with Gasteiger partial charge >= 0.3 is 0 Å². The number of nitrogens with one attached hydrogen (secondary N) is 1. The summed E-state index contributed by atoms with van der Waals surface area (Å²) in [6.07, 6.45) is 0. The molecule has 5 nitrogen and oxygen atoms in total. The molecule has 2 amide bonds. The second kappa shape index (κ2) is 9.46. The highest BCUT2D eigenvalue weighted by Gasteiger charge is 2.21. The molecule has 3 rings (SSSR count). The van der Waals surface area contributed by atoms with Crippen molar-refractivity contribution >= 4 is 35.0 Å². The van der Waals surface area contributed by atoms with Gasteiger partial charge in [0.2, 0.25) is 11.8 Å². The molecular weight excluding hydrogens is 358 g/mol. The number of anilines is 2. The lowest BCUT2D eigenvalue weighted by Gasteiger charge is -2.36. The van der Waals surface area contributed by atoms with Crippen LogP contribution in [-0.2, 0) is 9.59 Å². The Kier molecular flexibility index (Phi) is 6.76. The normalized spacial score (nSPS) is 14.1. The maximum Gasteiger partial charge on any atom is 0.234 e. The van der Waals surface area contributed by atoms with Gasteiger partial charge in [-0.2, -0.15) is 0 Å². The van der Waals surface area contributed by atoms with E-state index in [9.17, 15) is 9.59 Å². The van der Waals surface area contributed by atoms with Gasteiger partial charge in [0, 0.05) is 37.6 Å². The van der Waals surface area contributed by atoms with Gasteiger partial charge in [-0.25, -0.2) is 0 Å². The molecule has 1 aliphatic rings. The first-order valence-electron chi connectivity index (χ1n) is 9.14. The predicted molar refractivity (Wildman–Crippen MR) is 112 cm³/mol. The van der Waals surface area contributed by atoms with Gasteiger partial charge in [0.05, 0.1) is 11.5 Å². The molecule has 1 N–H and O–H groups in total. The van der Waals surface area contributed by atoms with Crippen molar-refractivity contribution in [2.45, 2.75) is 6.92 Å². The summed E-state index contributed by atoms with van der Waals surface area (Å²) in [7, 11) is 0. The van der Waals surface area contributed by atoms with Gasteiger partial charge in [-0.15, -0.1) is 11.8 Å². The second-order valence-corrected chi connectivity index (χ2v) is 7.60. The van der Waals surface area contributed by atoms with Crippen molar-refractivity contribution in [1.82, 2.24) is 4.90 Å². The molecule has 1 fully saturated rings. The molecule has 2 aromatic carbocycles. The molecule has 0 aromatic heterocycles. The Labute approximate surface area is 164 Å². The van der Waals surface area contributed by atoms with Crippen LogP contribution in [0.15, 0.2) is 54.6 Å². The van der Waals surface area contributed by atoms with E-state index < -0.39 is 0 Å². The summed E-state index contributed by atoms with van der Waals surface area (Å²) in [6.45, 7) is 5.23. The third-order valence-corrected chi connectivity index (χ3v) is 5.43. The van der Waals surface area contributed by atoms with Crippen LogP contribution >= 0.6 is 11.8 Å². The van der Waals surface area contributed by atoms with E-state index in [0.29, 0.717) is 5.75 Å².